The molecule has 0 aliphatic heterocycles. The number of rotatable bonds is 56. The van der Waals surface area contributed by atoms with Gasteiger partial charge in [-0.25, -0.2) is 0 Å². The molecule has 1 atom stereocenters. The summed E-state index contributed by atoms with van der Waals surface area (Å²) in [6, 6.07) is 0. The van der Waals surface area contributed by atoms with E-state index in [9.17, 15) is 14.4 Å². The van der Waals surface area contributed by atoms with Gasteiger partial charge in [0.15, 0.2) is 6.10 Å². The molecule has 0 aromatic carbocycles. The van der Waals surface area contributed by atoms with Gasteiger partial charge in [-0.15, -0.1) is 0 Å². The van der Waals surface area contributed by atoms with Crippen molar-refractivity contribution in [2.45, 2.75) is 284 Å². The van der Waals surface area contributed by atoms with E-state index in [1.807, 2.05) is 0 Å². The average molecular weight is 1070 g/mol. The maximum absolute atomic E-state index is 12.9. The number of allylic oxidation sites excluding steroid dienone is 22. The first-order valence-electron chi connectivity index (χ1n) is 31.7. The maximum Gasteiger partial charge on any atom is 0.306 e. The topological polar surface area (TPSA) is 78.9 Å². The van der Waals surface area contributed by atoms with Crippen molar-refractivity contribution in [2.75, 3.05) is 13.2 Å². The summed E-state index contributed by atoms with van der Waals surface area (Å²) in [4.78, 5) is 38.2. The molecule has 0 rings (SSSR count). The van der Waals surface area contributed by atoms with Gasteiger partial charge >= 0.3 is 17.9 Å². The molecule has 0 radical (unpaired) electrons. The predicted octanol–water partition coefficient (Wildman–Crippen LogP) is 21.8. The molecular formula is C71H116O6. The second kappa shape index (κ2) is 64.1. The summed E-state index contributed by atoms with van der Waals surface area (Å²) in [6.45, 7) is 6.45. The van der Waals surface area contributed by atoms with Crippen molar-refractivity contribution in [2.24, 2.45) is 0 Å². The zero-order valence-electron chi connectivity index (χ0n) is 49.9. The van der Waals surface area contributed by atoms with Crippen LogP contribution in [0.25, 0.3) is 0 Å². The van der Waals surface area contributed by atoms with Crippen LogP contribution in [0, 0.1) is 0 Å². The molecule has 0 N–H and O–H groups in total. The van der Waals surface area contributed by atoms with Gasteiger partial charge in [-0.1, -0.05) is 257 Å². The number of carbonyl (C=O) groups is 3. The Balaban J connectivity index is 4.45. The molecule has 77 heavy (non-hydrogen) atoms. The standard InChI is InChI=1S/C71H116O6/c1-4-7-10-13-16-19-22-25-27-29-30-31-32-33-34-35-36-37-38-39-40-42-43-46-49-52-55-58-61-64-70(73)76-67-68(66-75-69(72)63-60-57-54-51-48-45-24-21-18-15-12-9-6-3)77-71(74)65-62-59-56-53-50-47-44-41-28-26-23-20-17-14-11-8-5-2/h7,10,16,19,21,24-28,30-31,33-34,36-37,39-40,43,46,52,55,68H,4-6,8-9,11-15,17-18,20,22-23,29,32,35,38,41-42,44-45,47-51,53-54,56-67H2,1-3H3/b10-7-,19-16-,24-21-,27-25-,28-26-,31-30-,34-33-,37-36-,40-39-,46-43-,55-52-. The summed E-state index contributed by atoms with van der Waals surface area (Å²) in [5.41, 5.74) is 0. The van der Waals surface area contributed by atoms with Gasteiger partial charge in [0.2, 0.25) is 0 Å². The monoisotopic (exact) mass is 1060 g/mol. The second-order valence-electron chi connectivity index (χ2n) is 20.6. The summed E-state index contributed by atoms with van der Waals surface area (Å²) in [5.74, 6) is -0.979. The van der Waals surface area contributed by atoms with Crippen LogP contribution in [0.4, 0.5) is 0 Å². The summed E-state index contributed by atoms with van der Waals surface area (Å²) in [7, 11) is 0. The third-order valence-corrected chi connectivity index (χ3v) is 13.1. The number of hydrogen-bond acceptors (Lipinski definition) is 6. The van der Waals surface area contributed by atoms with E-state index in [0.29, 0.717) is 19.3 Å². The Morgan fingerprint density at radius 3 is 0.870 bits per heavy atom. The summed E-state index contributed by atoms with van der Waals surface area (Å²) >= 11 is 0. The van der Waals surface area contributed by atoms with Crippen LogP contribution in [0.2, 0.25) is 0 Å². The van der Waals surface area contributed by atoms with Crippen molar-refractivity contribution in [1.82, 2.24) is 0 Å². The minimum atomic E-state index is -0.812. The summed E-state index contributed by atoms with van der Waals surface area (Å²) < 4.78 is 16.8. The normalized spacial score (nSPS) is 13.0. The summed E-state index contributed by atoms with van der Waals surface area (Å²) in [6.07, 6.45) is 90.3. The molecule has 1 unspecified atom stereocenters. The van der Waals surface area contributed by atoms with E-state index in [1.165, 1.54) is 116 Å². The number of unbranched alkanes of at least 4 members (excludes halogenated alkanes) is 23. The van der Waals surface area contributed by atoms with Crippen molar-refractivity contribution in [3.05, 3.63) is 134 Å². The molecule has 0 saturated heterocycles. The molecule has 0 aliphatic carbocycles. The van der Waals surface area contributed by atoms with Gasteiger partial charge in [-0.3, -0.25) is 14.4 Å². The van der Waals surface area contributed by atoms with Gasteiger partial charge in [-0.2, -0.15) is 0 Å². The van der Waals surface area contributed by atoms with Gasteiger partial charge in [-0.05, 0) is 135 Å². The molecule has 0 amide bonds. The largest absolute Gasteiger partial charge is 0.462 e. The van der Waals surface area contributed by atoms with Gasteiger partial charge < -0.3 is 14.2 Å². The minimum Gasteiger partial charge on any atom is -0.462 e. The Kier molecular flexibility index (Phi) is 60.4. The lowest BCUT2D eigenvalue weighted by Crippen LogP contribution is -2.30. The van der Waals surface area contributed by atoms with Crippen LogP contribution in [-0.4, -0.2) is 37.2 Å². The van der Waals surface area contributed by atoms with Crippen LogP contribution in [-0.2, 0) is 28.6 Å². The van der Waals surface area contributed by atoms with Crippen LogP contribution in [0.5, 0.6) is 0 Å². The van der Waals surface area contributed by atoms with E-state index >= 15 is 0 Å². The fourth-order valence-corrected chi connectivity index (χ4v) is 8.37. The van der Waals surface area contributed by atoms with Gasteiger partial charge in [0.25, 0.3) is 0 Å². The molecule has 436 valence electrons. The molecule has 0 fully saturated rings. The van der Waals surface area contributed by atoms with Gasteiger partial charge in [0.1, 0.15) is 13.2 Å². The van der Waals surface area contributed by atoms with Crippen LogP contribution in [0.3, 0.4) is 0 Å². The van der Waals surface area contributed by atoms with E-state index in [-0.39, 0.29) is 37.5 Å². The van der Waals surface area contributed by atoms with Crippen molar-refractivity contribution < 1.29 is 28.6 Å². The fourth-order valence-electron chi connectivity index (χ4n) is 8.37. The lowest BCUT2D eigenvalue weighted by atomic mass is 10.1. The number of ether oxygens (including phenoxy) is 3. The quantitative estimate of drug-likeness (QED) is 0.0261. The predicted molar refractivity (Wildman–Crippen MR) is 334 cm³/mol. The smallest absolute Gasteiger partial charge is 0.306 e. The Morgan fingerprint density at radius 1 is 0.273 bits per heavy atom. The molecule has 6 heteroatoms. The van der Waals surface area contributed by atoms with E-state index < -0.39 is 6.10 Å². The first kappa shape index (κ1) is 72.5. The van der Waals surface area contributed by atoms with Crippen molar-refractivity contribution >= 4 is 17.9 Å². The molecule has 6 nitrogen and oxygen atoms in total. The Labute approximate surface area is 475 Å². The van der Waals surface area contributed by atoms with E-state index in [1.54, 1.807) is 0 Å². The Bertz CT molecular complexity index is 1650. The van der Waals surface area contributed by atoms with E-state index in [0.717, 1.165) is 116 Å². The molecule has 0 aromatic rings. The van der Waals surface area contributed by atoms with Crippen LogP contribution in [0.15, 0.2) is 134 Å². The molecule has 0 aromatic heterocycles. The molecule has 0 bridgehead atoms. The number of hydrogen-bond donors (Lipinski definition) is 0. The summed E-state index contributed by atoms with van der Waals surface area (Å²) in [5, 5.41) is 0. The van der Waals surface area contributed by atoms with Crippen LogP contribution >= 0.6 is 0 Å². The van der Waals surface area contributed by atoms with E-state index in [2.05, 4.69) is 154 Å². The highest BCUT2D eigenvalue weighted by atomic mass is 16.6. The Hall–Kier alpha value is -4.45. The molecule has 0 spiro atoms. The third kappa shape index (κ3) is 62.3. The number of esters is 3. The lowest BCUT2D eigenvalue weighted by Gasteiger charge is -2.18. The molecular weight excluding hydrogens is 949 g/mol. The maximum atomic E-state index is 12.9. The molecule has 0 heterocycles. The zero-order chi connectivity index (χ0) is 55.7. The second-order valence-corrected chi connectivity index (χ2v) is 20.6. The fraction of sp³-hybridized carbons (Fsp3) is 0.648. The average Bonchev–Trinajstić information content (AvgIpc) is 3.43. The zero-order valence-corrected chi connectivity index (χ0v) is 49.9. The van der Waals surface area contributed by atoms with Gasteiger partial charge in [0.05, 0.1) is 0 Å². The minimum absolute atomic E-state index is 0.105. The lowest BCUT2D eigenvalue weighted by molar-refractivity contribution is -0.167. The molecule has 0 saturated carbocycles. The van der Waals surface area contributed by atoms with Crippen molar-refractivity contribution in [3.63, 3.8) is 0 Å². The van der Waals surface area contributed by atoms with Crippen LogP contribution in [0.1, 0.15) is 278 Å². The highest BCUT2D eigenvalue weighted by Crippen LogP contribution is 2.14. The van der Waals surface area contributed by atoms with Crippen LogP contribution < -0.4 is 0 Å². The molecule has 0 aliphatic rings. The SMILES string of the molecule is CC/C=C\C/C=C\C/C=C\C/C=C\C/C=C\C/C=C\C/C=C\C/C=C\C/C=C\CCCC(=O)OCC(COC(=O)CCCCCCC/C=C\CCCCCC)OC(=O)CCCCCCCCC/C=C\CCCCCCCC. The van der Waals surface area contributed by atoms with Gasteiger partial charge in [0, 0.05) is 19.3 Å². The number of carbonyl (C=O) groups excluding carboxylic acids is 3. The van der Waals surface area contributed by atoms with E-state index in [4.69, 9.17) is 14.2 Å². The third-order valence-electron chi connectivity index (χ3n) is 13.1. The van der Waals surface area contributed by atoms with Crippen molar-refractivity contribution in [3.8, 4) is 0 Å². The first-order valence-corrected chi connectivity index (χ1v) is 31.7. The highest BCUT2D eigenvalue weighted by molar-refractivity contribution is 5.71. The highest BCUT2D eigenvalue weighted by Gasteiger charge is 2.19. The Morgan fingerprint density at radius 2 is 0.519 bits per heavy atom. The van der Waals surface area contributed by atoms with Crippen molar-refractivity contribution in [1.29, 1.82) is 0 Å². The first-order chi connectivity index (χ1) is 38.0.